The summed E-state index contributed by atoms with van der Waals surface area (Å²) < 4.78 is 11.8. The maximum Gasteiger partial charge on any atom is 0.488 e. The second-order valence-electron chi connectivity index (χ2n) is 6.69. The maximum atomic E-state index is 11.8. The van der Waals surface area contributed by atoms with E-state index in [9.17, 15) is 19.4 Å². The van der Waals surface area contributed by atoms with Crippen LogP contribution in [0.15, 0.2) is 47.4 Å². The summed E-state index contributed by atoms with van der Waals surface area (Å²) in [6.45, 7) is 0.222. The molecule has 1 unspecified atom stereocenters. The van der Waals surface area contributed by atoms with E-state index in [0.717, 1.165) is 5.56 Å². The monoisotopic (exact) mass is 452 g/mol. The topological polar surface area (TPSA) is 212 Å². The van der Waals surface area contributed by atoms with E-state index in [1.165, 1.54) is 0 Å². The van der Waals surface area contributed by atoms with Crippen molar-refractivity contribution in [3.8, 4) is 11.5 Å². The third-order valence-corrected chi connectivity index (χ3v) is 5.32. The van der Waals surface area contributed by atoms with Crippen LogP contribution in [0.5, 0.6) is 0 Å². The highest BCUT2D eigenvalue weighted by atomic mass is 32.2. The fraction of sp³-hybridized carbons (Fsp3) is 0.0556. The summed E-state index contributed by atoms with van der Waals surface area (Å²) in [6.07, 6.45) is 0. The van der Waals surface area contributed by atoms with Gasteiger partial charge in [0.15, 0.2) is 10.7 Å². The number of nitrogens with zero attached hydrogens (tertiary/aromatic N) is 4. The lowest BCUT2D eigenvalue weighted by atomic mass is 9.80. The first-order chi connectivity index (χ1) is 15.3. The molecule has 32 heavy (non-hydrogen) atoms. The van der Waals surface area contributed by atoms with Crippen LogP contribution in [-0.2, 0) is 17.9 Å². The highest BCUT2D eigenvalue weighted by Crippen LogP contribution is 2.28. The van der Waals surface area contributed by atoms with Gasteiger partial charge in [-0.05, 0) is 17.1 Å². The van der Waals surface area contributed by atoms with E-state index in [4.69, 9.17) is 10.9 Å². The van der Waals surface area contributed by atoms with Gasteiger partial charge in [-0.15, -0.1) is 5.14 Å². The number of hydrogen-bond acceptors (Lipinski definition) is 10. The number of para-hydroxylation sites is 1. The Morgan fingerprint density at radius 2 is 1.97 bits per heavy atom. The Kier molecular flexibility index (Phi) is 6.02. The largest absolute Gasteiger partial charge is 0.593 e. The predicted molar refractivity (Wildman–Crippen MR) is 118 cm³/mol. The maximum absolute atomic E-state index is 11.8. The van der Waals surface area contributed by atoms with Crippen molar-refractivity contribution in [2.75, 3.05) is 5.32 Å². The van der Waals surface area contributed by atoms with Gasteiger partial charge in [-0.25, -0.2) is 4.98 Å². The number of benzene rings is 2. The van der Waals surface area contributed by atoms with Gasteiger partial charge in [-0.2, -0.15) is 15.1 Å². The van der Waals surface area contributed by atoms with Gasteiger partial charge in [0.2, 0.25) is 11.8 Å². The fourth-order valence-corrected chi connectivity index (χ4v) is 3.64. The first-order valence-electron chi connectivity index (χ1n) is 9.22. The Morgan fingerprint density at radius 3 is 2.69 bits per heavy atom. The second-order valence-corrected chi connectivity index (χ2v) is 7.73. The van der Waals surface area contributed by atoms with Crippen LogP contribution < -0.4 is 21.7 Å². The zero-order valence-corrected chi connectivity index (χ0v) is 17.2. The van der Waals surface area contributed by atoms with Crippen molar-refractivity contribution in [2.24, 2.45) is 10.9 Å². The third kappa shape index (κ3) is 4.39. The SMILES string of the molecule is NC(=O)c1nc(NCc2cccc(B(O)O)c2)nc(-c2n[nH]c3c([S+](N)[O-])cccc23)n1. The summed E-state index contributed by atoms with van der Waals surface area (Å²) >= 11 is -1.74. The molecule has 2 aromatic carbocycles. The molecule has 0 saturated heterocycles. The molecule has 2 aromatic heterocycles. The molecule has 4 aromatic rings. The molecule has 12 nitrogen and oxygen atoms in total. The average molecular weight is 452 g/mol. The van der Waals surface area contributed by atoms with Gasteiger partial charge in [0.05, 0.1) is 11.4 Å². The number of carbonyl (C=O) groups is 1. The Hall–Kier alpha value is -3.56. The first-order valence-corrected chi connectivity index (χ1v) is 10.4. The minimum absolute atomic E-state index is 0.0634. The summed E-state index contributed by atoms with van der Waals surface area (Å²) in [4.78, 5) is 24.6. The summed E-state index contributed by atoms with van der Waals surface area (Å²) in [5.74, 6) is -0.993. The lowest BCUT2D eigenvalue weighted by Gasteiger charge is -2.09. The van der Waals surface area contributed by atoms with Gasteiger partial charge in [-0.3, -0.25) is 9.89 Å². The van der Waals surface area contributed by atoms with Gasteiger partial charge >= 0.3 is 7.12 Å². The van der Waals surface area contributed by atoms with Crippen LogP contribution in [0.2, 0.25) is 0 Å². The highest BCUT2D eigenvalue weighted by molar-refractivity contribution is 7.89. The lowest BCUT2D eigenvalue weighted by molar-refractivity contribution is 0.0990. The number of H-pyrrole nitrogens is 1. The number of nitrogens with one attached hydrogen (secondary N) is 2. The van der Waals surface area contributed by atoms with E-state index in [1.54, 1.807) is 42.5 Å². The Labute approximate surface area is 184 Å². The normalized spacial score (nSPS) is 12.0. The molecule has 2 heterocycles. The van der Waals surface area contributed by atoms with E-state index in [0.29, 0.717) is 27.0 Å². The zero-order chi connectivity index (χ0) is 22.8. The van der Waals surface area contributed by atoms with Crippen LogP contribution in [0, 0.1) is 0 Å². The van der Waals surface area contributed by atoms with Crippen LogP contribution in [-0.4, -0.2) is 52.8 Å². The van der Waals surface area contributed by atoms with Crippen molar-refractivity contribution in [3.63, 3.8) is 0 Å². The van der Waals surface area contributed by atoms with Crippen LogP contribution in [0.4, 0.5) is 5.95 Å². The van der Waals surface area contributed by atoms with E-state index < -0.39 is 24.4 Å². The standard InChI is InChI=1S/C18H17BN8O4S/c20-15(28)17-23-16(14-11-5-2-6-12(32(21)31)13(11)26-27-14)24-18(25-17)22-8-9-3-1-4-10(7-9)19(29)30/h1-7,29-30H,8,21H2,(H2,20,28)(H,26,27)(H,22,23,24,25). The lowest BCUT2D eigenvalue weighted by Crippen LogP contribution is -2.30. The van der Waals surface area contributed by atoms with Crippen LogP contribution in [0.3, 0.4) is 0 Å². The third-order valence-electron chi connectivity index (χ3n) is 4.55. The minimum atomic E-state index is -1.74. The van der Waals surface area contributed by atoms with Gasteiger partial charge in [0, 0.05) is 11.9 Å². The molecule has 14 heteroatoms. The first kappa shape index (κ1) is 21.7. The molecule has 4 rings (SSSR count). The minimum Gasteiger partial charge on any atom is -0.593 e. The Balaban J connectivity index is 1.70. The van der Waals surface area contributed by atoms with Crippen LogP contribution in [0.25, 0.3) is 22.4 Å². The summed E-state index contributed by atoms with van der Waals surface area (Å²) in [5.41, 5.74) is 7.18. The predicted octanol–water partition coefficient (Wildman–Crippen LogP) is -1.21. The van der Waals surface area contributed by atoms with Crippen LogP contribution in [0.1, 0.15) is 16.2 Å². The summed E-state index contributed by atoms with van der Waals surface area (Å²) in [5, 5.41) is 34.7. The van der Waals surface area contributed by atoms with Crippen LogP contribution >= 0.6 is 0 Å². The molecule has 0 spiro atoms. The molecule has 1 atom stereocenters. The fourth-order valence-electron chi connectivity index (χ4n) is 3.07. The molecule has 1 amide bonds. The quantitative estimate of drug-likeness (QED) is 0.145. The molecule has 162 valence electrons. The molecule has 0 fully saturated rings. The molecule has 0 saturated carbocycles. The van der Waals surface area contributed by atoms with Crippen molar-refractivity contribution in [3.05, 3.63) is 53.9 Å². The Bertz CT molecular complexity index is 1300. The summed E-state index contributed by atoms with van der Waals surface area (Å²) in [7, 11) is -1.60. The number of fused-ring (bicyclic) bond motifs is 1. The van der Waals surface area contributed by atoms with Crippen molar-refractivity contribution in [1.82, 2.24) is 25.1 Å². The number of primary amides is 1. The molecule has 0 radical (unpaired) electrons. The van der Waals surface area contributed by atoms with Crippen molar-refractivity contribution < 1.29 is 19.4 Å². The van der Waals surface area contributed by atoms with E-state index in [1.807, 2.05) is 0 Å². The molecule has 0 aliphatic carbocycles. The molecule has 0 aliphatic heterocycles. The van der Waals surface area contributed by atoms with E-state index >= 15 is 0 Å². The molecular formula is C18H17BN8O4S. The average Bonchev–Trinajstić information content (AvgIpc) is 3.21. The number of rotatable bonds is 7. The van der Waals surface area contributed by atoms with Crippen molar-refractivity contribution in [2.45, 2.75) is 11.4 Å². The smallest absolute Gasteiger partial charge is 0.488 e. The van der Waals surface area contributed by atoms with E-state index in [-0.39, 0.29) is 24.1 Å². The van der Waals surface area contributed by atoms with Gasteiger partial charge in [-0.1, -0.05) is 36.4 Å². The molecule has 8 N–H and O–H groups in total. The van der Waals surface area contributed by atoms with Gasteiger partial charge in [0.25, 0.3) is 5.91 Å². The van der Waals surface area contributed by atoms with E-state index in [2.05, 4.69) is 30.5 Å². The molecular weight excluding hydrogens is 435 g/mol. The van der Waals surface area contributed by atoms with Gasteiger partial charge < -0.3 is 25.7 Å². The number of carbonyl (C=O) groups excluding carboxylic acids is 1. The number of nitrogens with two attached hydrogens (primary N) is 2. The number of aromatic nitrogens is 5. The molecule has 0 aliphatic rings. The number of hydrogen-bond donors (Lipinski definition) is 6. The highest BCUT2D eigenvalue weighted by Gasteiger charge is 2.20. The Morgan fingerprint density at radius 1 is 1.19 bits per heavy atom. The summed E-state index contributed by atoms with van der Waals surface area (Å²) in [6, 6.07) is 11.6. The number of aromatic amines is 1. The number of amides is 1. The van der Waals surface area contributed by atoms with Gasteiger partial charge in [0.1, 0.15) is 11.2 Å². The molecule has 0 bridgehead atoms. The number of anilines is 1. The second kappa shape index (κ2) is 8.90. The van der Waals surface area contributed by atoms with Crippen molar-refractivity contribution >= 4 is 46.7 Å². The zero-order valence-electron chi connectivity index (χ0n) is 16.4. The van der Waals surface area contributed by atoms with Crippen molar-refractivity contribution in [1.29, 1.82) is 0 Å².